The van der Waals surface area contributed by atoms with Gasteiger partial charge in [-0.1, -0.05) is 24.3 Å². The van der Waals surface area contributed by atoms with Gasteiger partial charge < -0.3 is 20.2 Å². The van der Waals surface area contributed by atoms with Crippen LogP contribution in [0.2, 0.25) is 0 Å². The van der Waals surface area contributed by atoms with Crippen LogP contribution < -0.4 is 10.6 Å². The molecule has 0 aliphatic carbocycles. The number of amides is 2. The first-order valence-electron chi connectivity index (χ1n) is 9.56. The van der Waals surface area contributed by atoms with Crippen LogP contribution in [-0.2, 0) is 15.6 Å². The second-order valence-corrected chi connectivity index (χ2v) is 8.75. The van der Waals surface area contributed by atoms with Crippen LogP contribution in [0.5, 0.6) is 5.75 Å². The largest absolute Gasteiger partial charge is 0.508 e. The molecule has 0 radical (unpaired) electrons. The third-order valence-electron chi connectivity index (χ3n) is 4.43. The van der Waals surface area contributed by atoms with E-state index in [9.17, 15) is 23.1 Å². The molecule has 8 nitrogen and oxygen atoms in total. The summed E-state index contributed by atoms with van der Waals surface area (Å²) in [6, 6.07) is 15.4. The van der Waals surface area contributed by atoms with Crippen LogP contribution in [-0.4, -0.2) is 38.4 Å². The lowest BCUT2D eigenvalue weighted by Gasteiger charge is -2.08. The summed E-state index contributed by atoms with van der Waals surface area (Å²) in [6.07, 6.45) is 1.73. The average molecular weight is 442 g/mol. The van der Waals surface area contributed by atoms with E-state index >= 15 is 0 Å². The maximum absolute atomic E-state index is 12.5. The average Bonchev–Trinajstić information content (AvgIpc) is 3.21. The Bertz CT molecular complexity index is 1160. The standard InChI is InChI=1S/C22H22N2O6S/c25-18-7-4-6-16(14-18)21(26)23-11-5-12-24-22(27)20-17(10-13-30-20)15-31(28,29)19-8-2-1-3-9-19/h1-4,6-10,13-14,25H,5,11-12,15H2,(H,23,26)(H,24,27). The van der Waals surface area contributed by atoms with Crippen molar-refractivity contribution < 1.29 is 27.5 Å². The van der Waals surface area contributed by atoms with Crippen molar-refractivity contribution in [3.05, 3.63) is 83.8 Å². The van der Waals surface area contributed by atoms with Crippen LogP contribution in [0, 0.1) is 0 Å². The fourth-order valence-electron chi connectivity index (χ4n) is 2.89. The Morgan fingerprint density at radius 1 is 0.903 bits per heavy atom. The molecule has 0 fully saturated rings. The number of furan rings is 1. The fraction of sp³-hybridized carbons (Fsp3) is 0.182. The molecule has 9 heteroatoms. The number of hydrogen-bond donors (Lipinski definition) is 3. The predicted molar refractivity (Wildman–Crippen MR) is 113 cm³/mol. The maximum Gasteiger partial charge on any atom is 0.287 e. The number of phenols is 1. The van der Waals surface area contributed by atoms with Crippen molar-refractivity contribution in [2.45, 2.75) is 17.1 Å². The lowest BCUT2D eigenvalue weighted by atomic mass is 10.2. The van der Waals surface area contributed by atoms with E-state index in [0.717, 1.165) is 0 Å². The number of benzene rings is 2. The number of rotatable bonds is 9. The highest BCUT2D eigenvalue weighted by molar-refractivity contribution is 7.90. The summed E-state index contributed by atoms with van der Waals surface area (Å²) in [6.45, 7) is 0.562. The van der Waals surface area contributed by atoms with Crippen LogP contribution in [0.4, 0.5) is 0 Å². The predicted octanol–water partition coefficient (Wildman–Crippen LogP) is 2.51. The maximum atomic E-state index is 12.5. The van der Waals surface area contributed by atoms with Gasteiger partial charge in [-0.05, 0) is 42.8 Å². The lowest BCUT2D eigenvalue weighted by Crippen LogP contribution is -2.30. The summed E-state index contributed by atoms with van der Waals surface area (Å²) in [7, 11) is -3.61. The summed E-state index contributed by atoms with van der Waals surface area (Å²) in [5, 5.41) is 14.8. The number of carbonyl (C=O) groups is 2. The van der Waals surface area contributed by atoms with Crippen LogP contribution in [0.15, 0.2) is 76.2 Å². The molecule has 0 bridgehead atoms. The van der Waals surface area contributed by atoms with Gasteiger partial charge in [-0.3, -0.25) is 9.59 Å². The number of carbonyl (C=O) groups excluding carboxylic acids is 2. The SMILES string of the molecule is O=C(NCCCNC(=O)c1occc1CS(=O)(=O)c1ccccc1)c1cccc(O)c1. The van der Waals surface area contributed by atoms with Crippen molar-refractivity contribution in [2.24, 2.45) is 0 Å². The highest BCUT2D eigenvalue weighted by Crippen LogP contribution is 2.20. The Hall–Kier alpha value is -3.59. The molecule has 2 amide bonds. The van der Waals surface area contributed by atoms with Gasteiger partial charge in [-0.25, -0.2) is 8.42 Å². The van der Waals surface area contributed by atoms with E-state index in [1.165, 1.54) is 36.6 Å². The zero-order chi connectivity index (χ0) is 22.3. The number of sulfone groups is 1. The van der Waals surface area contributed by atoms with Crippen molar-refractivity contribution in [3.63, 3.8) is 0 Å². The molecule has 162 valence electrons. The highest BCUT2D eigenvalue weighted by atomic mass is 32.2. The van der Waals surface area contributed by atoms with Crippen molar-refractivity contribution >= 4 is 21.7 Å². The molecule has 1 heterocycles. The third-order valence-corrected chi connectivity index (χ3v) is 6.12. The molecule has 31 heavy (non-hydrogen) atoms. The Labute approximate surface area is 179 Å². The topological polar surface area (TPSA) is 126 Å². The first kappa shape index (κ1) is 22.1. The summed E-state index contributed by atoms with van der Waals surface area (Å²) >= 11 is 0. The minimum Gasteiger partial charge on any atom is -0.508 e. The van der Waals surface area contributed by atoms with Crippen LogP contribution >= 0.6 is 0 Å². The quantitative estimate of drug-likeness (QED) is 0.437. The molecular weight excluding hydrogens is 420 g/mol. The van der Waals surface area contributed by atoms with Crippen LogP contribution in [0.25, 0.3) is 0 Å². The van der Waals surface area contributed by atoms with Crippen molar-refractivity contribution in [3.8, 4) is 5.75 Å². The smallest absolute Gasteiger partial charge is 0.287 e. The Morgan fingerprint density at radius 3 is 2.32 bits per heavy atom. The molecule has 0 aliphatic heterocycles. The number of aromatic hydroxyl groups is 1. The molecule has 0 saturated heterocycles. The van der Waals surface area contributed by atoms with Gasteiger partial charge in [0.1, 0.15) is 5.75 Å². The van der Waals surface area contributed by atoms with E-state index in [1.807, 2.05) is 0 Å². The molecular formula is C22H22N2O6S. The van der Waals surface area contributed by atoms with E-state index < -0.39 is 15.7 Å². The van der Waals surface area contributed by atoms with Gasteiger partial charge in [0.05, 0.1) is 16.9 Å². The molecule has 0 unspecified atom stereocenters. The Morgan fingerprint density at radius 2 is 1.61 bits per heavy atom. The Kier molecular flexibility index (Phi) is 7.09. The van der Waals surface area contributed by atoms with Gasteiger partial charge in [0.15, 0.2) is 15.6 Å². The minimum atomic E-state index is -3.61. The molecule has 0 atom stereocenters. The normalized spacial score (nSPS) is 11.1. The van der Waals surface area contributed by atoms with E-state index in [4.69, 9.17) is 4.42 Å². The molecule has 3 N–H and O–H groups in total. The van der Waals surface area contributed by atoms with Gasteiger partial charge in [0.25, 0.3) is 11.8 Å². The van der Waals surface area contributed by atoms with Crippen molar-refractivity contribution in [1.82, 2.24) is 10.6 Å². The van der Waals surface area contributed by atoms with Gasteiger partial charge in [0, 0.05) is 24.2 Å². The summed E-state index contributed by atoms with van der Waals surface area (Å²) in [5.74, 6) is -1.26. The van der Waals surface area contributed by atoms with Gasteiger partial charge in [-0.2, -0.15) is 0 Å². The zero-order valence-corrected chi connectivity index (χ0v) is 17.4. The third kappa shape index (κ3) is 5.95. The van der Waals surface area contributed by atoms with Gasteiger partial charge in [0.2, 0.25) is 0 Å². The van der Waals surface area contributed by atoms with Crippen LogP contribution in [0.3, 0.4) is 0 Å². The minimum absolute atomic E-state index is 0.00319. The molecule has 0 aliphatic rings. The van der Waals surface area contributed by atoms with Gasteiger partial charge in [-0.15, -0.1) is 0 Å². The van der Waals surface area contributed by atoms with Crippen molar-refractivity contribution in [1.29, 1.82) is 0 Å². The first-order valence-corrected chi connectivity index (χ1v) is 11.2. The molecule has 3 aromatic rings. The van der Waals surface area contributed by atoms with E-state index in [1.54, 1.807) is 30.3 Å². The van der Waals surface area contributed by atoms with E-state index in [-0.39, 0.29) is 40.2 Å². The first-order chi connectivity index (χ1) is 14.9. The lowest BCUT2D eigenvalue weighted by molar-refractivity contribution is 0.0924. The summed E-state index contributed by atoms with van der Waals surface area (Å²) in [4.78, 5) is 24.6. The Balaban J connectivity index is 1.49. The monoisotopic (exact) mass is 442 g/mol. The molecule has 2 aromatic carbocycles. The van der Waals surface area contributed by atoms with Gasteiger partial charge >= 0.3 is 0 Å². The van der Waals surface area contributed by atoms with E-state index in [0.29, 0.717) is 18.5 Å². The molecule has 0 saturated carbocycles. The second kappa shape index (κ2) is 9.94. The number of nitrogens with one attached hydrogen (secondary N) is 2. The zero-order valence-electron chi connectivity index (χ0n) is 16.6. The molecule has 3 rings (SSSR count). The molecule has 1 aromatic heterocycles. The highest BCUT2D eigenvalue weighted by Gasteiger charge is 2.22. The van der Waals surface area contributed by atoms with Crippen molar-refractivity contribution in [2.75, 3.05) is 13.1 Å². The summed E-state index contributed by atoms with van der Waals surface area (Å²) in [5.41, 5.74) is 0.613. The second-order valence-electron chi connectivity index (χ2n) is 6.76. The fourth-order valence-corrected chi connectivity index (χ4v) is 4.26. The number of hydrogen-bond acceptors (Lipinski definition) is 6. The van der Waals surface area contributed by atoms with E-state index in [2.05, 4.69) is 10.6 Å². The summed E-state index contributed by atoms with van der Waals surface area (Å²) < 4.78 is 30.3. The molecule has 0 spiro atoms. The van der Waals surface area contributed by atoms with Crippen LogP contribution in [0.1, 0.15) is 32.9 Å². The number of phenolic OH excluding ortho intramolecular Hbond substituents is 1.